The third-order valence-electron chi connectivity index (χ3n) is 4.17. The standard InChI is InChI=1S/C20H31NO4S/c1-2-3-4-5-6-7-8-9-10-11-12-17-13-14-18(26-17)20(25,15-16-22)21-19(23)24/h13-14,21-22,25H,2-10,15-16H2,1H3,(H,23,24). The van der Waals surface area contributed by atoms with E-state index < -0.39 is 11.8 Å². The van der Waals surface area contributed by atoms with Crippen LogP contribution in [-0.4, -0.2) is 28.0 Å². The Morgan fingerprint density at radius 3 is 2.42 bits per heavy atom. The molecule has 0 radical (unpaired) electrons. The summed E-state index contributed by atoms with van der Waals surface area (Å²) >= 11 is 1.24. The summed E-state index contributed by atoms with van der Waals surface area (Å²) in [7, 11) is 0. The average molecular weight is 382 g/mol. The molecule has 0 aliphatic heterocycles. The summed E-state index contributed by atoms with van der Waals surface area (Å²) in [6, 6.07) is 3.42. The Balaban J connectivity index is 2.39. The Morgan fingerprint density at radius 2 is 1.81 bits per heavy atom. The number of nitrogens with one attached hydrogen (secondary N) is 1. The number of carbonyl (C=O) groups is 1. The van der Waals surface area contributed by atoms with Crippen molar-refractivity contribution in [1.29, 1.82) is 0 Å². The molecule has 146 valence electrons. The summed E-state index contributed by atoms with van der Waals surface area (Å²) in [5, 5.41) is 30.4. The lowest BCUT2D eigenvalue weighted by atomic mass is 10.1. The molecule has 1 amide bonds. The molecule has 5 nitrogen and oxygen atoms in total. The second kappa shape index (κ2) is 12.7. The van der Waals surface area contributed by atoms with Crippen molar-refractivity contribution in [3.8, 4) is 11.8 Å². The molecule has 0 bridgehead atoms. The Hall–Kier alpha value is -1.55. The first-order valence-corrected chi connectivity index (χ1v) is 10.3. The van der Waals surface area contributed by atoms with Gasteiger partial charge in [0.2, 0.25) is 0 Å². The Kier molecular flexibility index (Phi) is 11.0. The van der Waals surface area contributed by atoms with E-state index in [0.29, 0.717) is 4.88 Å². The number of unbranched alkanes of at least 4 members (excludes halogenated alkanes) is 8. The molecule has 0 aliphatic carbocycles. The van der Waals surface area contributed by atoms with Crippen molar-refractivity contribution in [3.63, 3.8) is 0 Å². The van der Waals surface area contributed by atoms with Crippen LogP contribution in [0.1, 0.15) is 80.9 Å². The molecule has 26 heavy (non-hydrogen) atoms. The van der Waals surface area contributed by atoms with E-state index in [1.54, 1.807) is 12.1 Å². The van der Waals surface area contributed by atoms with Gasteiger partial charge in [-0.15, -0.1) is 11.3 Å². The maximum Gasteiger partial charge on any atom is 0.407 e. The van der Waals surface area contributed by atoms with Crippen LogP contribution in [0.5, 0.6) is 0 Å². The maximum absolute atomic E-state index is 10.9. The van der Waals surface area contributed by atoms with E-state index in [2.05, 4.69) is 24.1 Å². The molecule has 0 aliphatic rings. The minimum atomic E-state index is -1.77. The van der Waals surface area contributed by atoms with Crippen LogP contribution < -0.4 is 5.32 Å². The summed E-state index contributed by atoms with van der Waals surface area (Å²) in [4.78, 5) is 12.1. The predicted octanol–water partition coefficient (Wildman–Crippen LogP) is 4.43. The second-order valence-corrected chi connectivity index (χ2v) is 7.54. The molecule has 1 unspecified atom stereocenters. The van der Waals surface area contributed by atoms with Gasteiger partial charge in [-0.2, -0.15) is 0 Å². The zero-order valence-electron chi connectivity index (χ0n) is 15.6. The van der Waals surface area contributed by atoms with E-state index in [1.165, 1.54) is 56.3 Å². The molecule has 0 saturated carbocycles. The SMILES string of the molecule is CCCCCCCCCCC#Cc1ccc(C(O)(CCO)NC(=O)O)s1. The largest absolute Gasteiger partial charge is 0.465 e. The molecule has 0 spiro atoms. The van der Waals surface area contributed by atoms with E-state index in [-0.39, 0.29) is 13.0 Å². The van der Waals surface area contributed by atoms with Crippen molar-refractivity contribution >= 4 is 17.4 Å². The van der Waals surface area contributed by atoms with Gasteiger partial charge in [0.1, 0.15) is 0 Å². The van der Waals surface area contributed by atoms with Gasteiger partial charge in [0, 0.05) is 19.4 Å². The molecule has 4 N–H and O–H groups in total. The Morgan fingerprint density at radius 1 is 1.15 bits per heavy atom. The van der Waals surface area contributed by atoms with Gasteiger partial charge >= 0.3 is 6.09 Å². The van der Waals surface area contributed by atoms with Gasteiger partial charge in [0.25, 0.3) is 0 Å². The van der Waals surface area contributed by atoms with Crippen LogP contribution in [0.25, 0.3) is 0 Å². The number of amides is 1. The number of hydrogen-bond acceptors (Lipinski definition) is 4. The zero-order chi connectivity index (χ0) is 19.3. The highest BCUT2D eigenvalue weighted by Gasteiger charge is 2.32. The minimum absolute atomic E-state index is 0.106. The van der Waals surface area contributed by atoms with Crippen molar-refractivity contribution in [2.75, 3.05) is 6.61 Å². The van der Waals surface area contributed by atoms with Gasteiger partial charge in [-0.05, 0) is 18.6 Å². The van der Waals surface area contributed by atoms with Crippen LogP contribution in [-0.2, 0) is 5.72 Å². The number of hydrogen-bond donors (Lipinski definition) is 4. The molecule has 1 atom stereocenters. The van der Waals surface area contributed by atoms with Gasteiger partial charge in [-0.25, -0.2) is 4.79 Å². The highest BCUT2D eigenvalue weighted by molar-refractivity contribution is 7.12. The van der Waals surface area contributed by atoms with E-state index >= 15 is 0 Å². The topological polar surface area (TPSA) is 89.8 Å². The third kappa shape index (κ3) is 8.70. The molecular formula is C20H31NO4S. The molecule has 1 heterocycles. The molecule has 1 aromatic rings. The lowest BCUT2D eigenvalue weighted by molar-refractivity contribution is -0.0127. The summed E-state index contributed by atoms with van der Waals surface area (Å²) < 4.78 is 0. The predicted molar refractivity (Wildman–Crippen MR) is 105 cm³/mol. The lowest BCUT2D eigenvalue weighted by Crippen LogP contribution is -2.45. The highest BCUT2D eigenvalue weighted by Crippen LogP contribution is 2.29. The molecule has 0 fully saturated rings. The maximum atomic E-state index is 10.9. The van der Waals surface area contributed by atoms with E-state index in [4.69, 9.17) is 10.2 Å². The van der Waals surface area contributed by atoms with E-state index in [1.807, 2.05) is 0 Å². The molecule has 0 saturated heterocycles. The Labute approximate surface area is 160 Å². The molecule has 1 aromatic heterocycles. The van der Waals surface area contributed by atoms with Gasteiger partial charge in [0.15, 0.2) is 5.72 Å². The first-order chi connectivity index (χ1) is 12.5. The molecule has 0 aromatic carbocycles. The third-order valence-corrected chi connectivity index (χ3v) is 5.32. The number of rotatable bonds is 12. The average Bonchev–Trinajstić information content (AvgIpc) is 3.06. The Bertz CT molecular complexity index is 590. The summed E-state index contributed by atoms with van der Waals surface area (Å²) in [5.74, 6) is 6.21. The van der Waals surface area contributed by atoms with Crippen molar-refractivity contribution in [2.45, 2.75) is 76.9 Å². The summed E-state index contributed by atoms with van der Waals surface area (Å²) in [6.45, 7) is 1.90. The van der Waals surface area contributed by atoms with Crippen LogP contribution in [0.2, 0.25) is 0 Å². The number of aliphatic hydroxyl groups is 2. The fourth-order valence-electron chi connectivity index (χ4n) is 2.71. The van der Waals surface area contributed by atoms with Gasteiger partial charge in [-0.1, -0.05) is 63.7 Å². The fourth-order valence-corrected chi connectivity index (χ4v) is 3.66. The lowest BCUT2D eigenvalue weighted by Gasteiger charge is -2.25. The monoisotopic (exact) mass is 381 g/mol. The molecule has 1 rings (SSSR count). The summed E-state index contributed by atoms with van der Waals surface area (Å²) in [5.41, 5.74) is -1.77. The van der Waals surface area contributed by atoms with Crippen LogP contribution >= 0.6 is 11.3 Å². The van der Waals surface area contributed by atoms with E-state index in [0.717, 1.165) is 17.7 Å². The van der Waals surface area contributed by atoms with Crippen LogP contribution in [0.4, 0.5) is 4.79 Å². The number of carboxylic acid groups (broad SMARTS) is 1. The highest BCUT2D eigenvalue weighted by atomic mass is 32.1. The molecule has 6 heteroatoms. The van der Waals surface area contributed by atoms with Crippen LogP contribution in [0.3, 0.4) is 0 Å². The molecular weight excluding hydrogens is 350 g/mol. The van der Waals surface area contributed by atoms with Crippen molar-refractivity contribution in [3.05, 3.63) is 21.9 Å². The first kappa shape index (κ1) is 22.5. The van der Waals surface area contributed by atoms with Gasteiger partial charge < -0.3 is 15.3 Å². The zero-order valence-corrected chi connectivity index (χ0v) is 16.4. The second-order valence-electron chi connectivity index (χ2n) is 6.45. The quantitative estimate of drug-likeness (QED) is 0.245. The van der Waals surface area contributed by atoms with Crippen LogP contribution in [0.15, 0.2) is 12.1 Å². The van der Waals surface area contributed by atoms with Crippen molar-refractivity contribution in [2.24, 2.45) is 0 Å². The van der Waals surface area contributed by atoms with E-state index in [9.17, 15) is 9.90 Å². The number of aliphatic hydroxyl groups excluding tert-OH is 1. The minimum Gasteiger partial charge on any atom is -0.465 e. The summed E-state index contributed by atoms with van der Waals surface area (Å²) in [6.07, 6.45) is 9.56. The van der Waals surface area contributed by atoms with Gasteiger partial charge in [-0.3, -0.25) is 5.32 Å². The van der Waals surface area contributed by atoms with Crippen LogP contribution in [0, 0.1) is 11.8 Å². The fraction of sp³-hybridized carbons (Fsp3) is 0.650. The van der Waals surface area contributed by atoms with Crippen molar-refractivity contribution in [1.82, 2.24) is 5.32 Å². The van der Waals surface area contributed by atoms with Crippen molar-refractivity contribution < 1.29 is 20.1 Å². The van der Waals surface area contributed by atoms with Gasteiger partial charge in [0.05, 0.1) is 9.75 Å². The number of thiophene rings is 1. The normalized spacial score (nSPS) is 12.9. The first-order valence-electron chi connectivity index (χ1n) is 9.45. The smallest absolute Gasteiger partial charge is 0.407 e.